The van der Waals surface area contributed by atoms with Gasteiger partial charge in [0.05, 0.1) is 5.38 Å². The van der Waals surface area contributed by atoms with Crippen LogP contribution >= 0.6 is 69.6 Å². The Hall–Kier alpha value is 0.440. The number of hydrogen-bond donors (Lipinski definition) is 0. The van der Waals surface area contributed by atoms with E-state index in [1.54, 1.807) is 18.2 Å². The average Bonchev–Trinajstić information content (AvgIpc) is 2.39. The summed E-state index contributed by atoms with van der Waals surface area (Å²) in [5.74, 6) is 0. The Bertz CT molecular complexity index is 641. The molecule has 0 aliphatic heterocycles. The van der Waals surface area contributed by atoms with Crippen molar-refractivity contribution in [3.63, 3.8) is 0 Å². The summed E-state index contributed by atoms with van der Waals surface area (Å²) in [5.41, 5.74) is 2.34. The van der Waals surface area contributed by atoms with E-state index in [2.05, 4.69) is 0 Å². The van der Waals surface area contributed by atoms with E-state index in [1.165, 1.54) is 0 Å². The Morgan fingerprint density at radius 3 is 2.10 bits per heavy atom. The van der Waals surface area contributed by atoms with Crippen LogP contribution in [0.1, 0.15) is 17.5 Å². The van der Waals surface area contributed by atoms with Gasteiger partial charge in [-0.3, -0.25) is 0 Å². The fourth-order valence-corrected chi connectivity index (χ4v) is 5.12. The molecule has 0 aromatic heterocycles. The highest BCUT2D eigenvalue weighted by atomic mass is 35.5. The molecule has 3 rings (SSSR count). The smallest absolute Gasteiger partial charge is 0.118 e. The fourth-order valence-electron chi connectivity index (χ4n) is 2.70. The number of benzene rings is 1. The molecule has 0 radical (unpaired) electrons. The Morgan fingerprint density at radius 2 is 1.50 bits per heavy atom. The molecule has 6 heteroatoms. The van der Waals surface area contributed by atoms with Crippen molar-refractivity contribution in [3.8, 4) is 0 Å². The molecule has 0 saturated heterocycles. The maximum Gasteiger partial charge on any atom is 0.170 e. The number of hydrogen-bond acceptors (Lipinski definition) is 0. The van der Waals surface area contributed by atoms with Crippen LogP contribution in [0.15, 0.2) is 46.5 Å². The monoisotopic (exact) mass is 386 g/mol. The van der Waals surface area contributed by atoms with E-state index in [1.807, 2.05) is 12.1 Å². The Morgan fingerprint density at radius 1 is 0.950 bits per heavy atom. The zero-order valence-electron chi connectivity index (χ0n) is 9.94. The van der Waals surface area contributed by atoms with Crippen LogP contribution in [0.5, 0.6) is 0 Å². The maximum atomic E-state index is 6.58. The van der Waals surface area contributed by atoms with Gasteiger partial charge in [0.2, 0.25) is 0 Å². The zero-order valence-corrected chi connectivity index (χ0v) is 14.5. The number of halogens is 6. The number of rotatable bonds is 0. The van der Waals surface area contributed by atoms with Crippen molar-refractivity contribution in [3.05, 3.63) is 57.6 Å². The molecule has 2 aliphatic rings. The quantitative estimate of drug-likeness (QED) is 0.451. The summed E-state index contributed by atoms with van der Waals surface area (Å²) in [5, 5.41) is 0.0507. The first kappa shape index (κ1) is 15.3. The number of fused-ring (bicyclic) bond motifs is 1. The van der Waals surface area contributed by atoms with E-state index < -0.39 is 14.0 Å². The third-order valence-corrected chi connectivity index (χ3v) is 5.92. The van der Waals surface area contributed by atoms with E-state index in [0.29, 0.717) is 33.7 Å². The van der Waals surface area contributed by atoms with E-state index in [9.17, 15) is 0 Å². The van der Waals surface area contributed by atoms with Gasteiger partial charge in [-0.1, -0.05) is 88.3 Å². The first-order valence-electron chi connectivity index (χ1n) is 5.88. The average molecular weight is 389 g/mol. The molecule has 0 N–H and O–H groups in total. The van der Waals surface area contributed by atoms with Crippen molar-refractivity contribution in [1.29, 1.82) is 0 Å². The van der Waals surface area contributed by atoms with Crippen molar-refractivity contribution in [1.82, 2.24) is 0 Å². The van der Waals surface area contributed by atoms with Gasteiger partial charge in [0, 0.05) is 10.6 Å². The maximum absolute atomic E-state index is 6.58. The molecule has 0 heterocycles. The molecule has 0 nitrogen and oxygen atoms in total. The molecular formula is C14H8Cl6. The minimum atomic E-state index is -1.32. The van der Waals surface area contributed by atoms with Crippen LogP contribution in [-0.4, -0.2) is 5.38 Å². The molecule has 20 heavy (non-hydrogen) atoms. The van der Waals surface area contributed by atoms with Crippen molar-refractivity contribution in [2.45, 2.75) is 20.5 Å². The largest absolute Gasteiger partial charge is 0.170 e. The fraction of sp³-hybridized carbons (Fsp3) is 0.286. The molecule has 1 aromatic carbocycles. The van der Waals surface area contributed by atoms with Gasteiger partial charge in [-0.05, 0) is 23.1 Å². The Labute approximate surface area is 147 Å². The van der Waals surface area contributed by atoms with Crippen LogP contribution in [0, 0.1) is 0 Å². The van der Waals surface area contributed by atoms with Crippen LogP contribution in [-0.2, 0) is 8.67 Å². The van der Waals surface area contributed by atoms with Crippen molar-refractivity contribution >= 4 is 69.6 Å². The predicted octanol–water partition coefficient (Wildman–Crippen LogP) is 6.39. The van der Waals surface area contributed by atoms with Gasteiger partial charge in [0.25, 0.3) is 0 Å². The second kappa shape index (κ2) is 4.98. The molecule has 106 valence electrons. The Balaban J connectivity index is 2.39. The third-order valence-electron chi connectivity index (χ3n) is 3.58. The topological polar surface area (TPSA) is 0 Å². The van der Waals surface area contributed by atoms with Gasteiger partial charge >= 0.3 is 0 Å². The van der Waals surface area contributed by atoms with Gasteiger partial charge in [-0.2, -0.15) is 0 Å². The lowest BCUT2D eigenvalue weighted by Crippen LogP contribution is -2.36. The molecule has 0 bridgehead atoms. The second-order valence-corrected chi connectivity index (χ2v) is 8.33. The van der Waals surface area contributed by atoms with Crippen LogP contribution in [0.2, 0.25) is 0 Å². The summed E-state index contributed by atoms with van der Waals surface area (Å²) in [6.07, 6.45) is 2.32. The van der Waals surface area contributed by atoms with Gasteiger partial charge in [-0.15, -0.1) is 11.6 Å². The molecule has 1 unspecified atom stereocenters. The van der Waals surface area contributed by atoms with E-state index in [4.69, 9.17) is 69.6 Å². The minimum absolute atomic E-state index is 0.396. The highest BCUT2D eigenvalue weighted by Gasteiger charge is 2.52. The highest BCUT2D eigenvalue weighted by Crippen LogP contribution is 2.62. The molecular weight excluding hydrogens is 381 g/mol. The normalized spacial score (nSPS) is 26.7. The summed E-state index contributed by atoms with van der Waals surface area (Å²) < 4.78 is -2.61. The lowest BCUT2D eigenvalue weighted by atomic mass is 9.80. The molecule has 0 fully saturated rings. The number of allylic oxidation sites excluding steroid dienone is 4. The third kappa shape index (κ3) is 2.04. The van der Waals surface area contributed by atoms with Crippen molar-refractivity contribution in [2.75, 3.05) is 0 Å². The van der Waals surface area contributed by atoms with E-state index >= 15 is 0 Å². The SMILES string of the molecule is ClC1=CCC(Cl)C2=C1C(Cl)(Cl)c1ccccc1C2(Cl)Cl. The minimum Gasteiger partial charge on any atom is -0.118 e. The van der Waals surface area contributed by atoms with Gasteiger partial charge in [0.1, 0.15) is 0 Å². The zero-order chi connectivity index (χ0) is 14.7. The standard InChI is InChI=1S/C14H8Cl6/c15-9-5-6-10(16)12-11(9)13(17,18)7-3-1-2-4-8(7)14(12,19)20/h1-5,10H,6H2. The summed E-state index contributed by atoms with van der Waals surface area (Å²) in [6, 6.07) is 7.25. The van der Waals surface area contributed by atoms with Crippen LogP contribution in [0.3, 0.4) is 0 Å². The predicted molar refractivity (Wildman–Crippen MR) is 88.4 cm³/mol. The summed E-state index contributed by atoms with van der Waals surface area (Å²) in [4.78, 5) is 0. The van der Waals surface area contributed by atoms with Crippen LogP contribution < -0.4 is 0 Å². The summed E-state index contributed by atoms with van der Waals surface area (Å²) in [7, 11) is 0. The summed E-state index contributed by atoms with van der Waals surface area (Å²) in [6.45, 7) is 0. The Kier molecular flexibility index (Phi) is 3.82. The van der Waals surface area contributed by atoms with Crippen molar-refractivity contribution in [2.24, 2.45) is 0 Å². The van der Waals surface area contributed by atoms with Crippen LogP contribution in [0.4, 0.5) is 0 Å². The van der Waals surface area contributed by atoms with Gasteiger partial charge in [0.15, 0.2) is 8.67 Å². The van der Waals surface area contributed by atoms with Gasteiger partial charge < -0.3 is 0 Å². The summed E-state index contributed by atoms with van der Waals surface area (Å²) >= 11 is 39.0. The molecule has 0 saturated carbocycles. The van der Waals surface area contributed by atoms with Crippen molar-refractivity contribution < 1.29 is 0 Å². The second-order valence-electron chi connectivity index (χ2n) is 4.74. The molecule has 1 aromatic rings. The molecule has 0 spiro atoms. The molecule has 2 aliphatic carbocycles. The number of alkyl halides is 5. The van der Waals surface area contributed by atoms with E-state index in [-0.39, 0.29) is 0 Å². The first-order valence-corrected chi connectivity index (χ1v) is 8.21. The highest BCUT2D eigenvalue weighted by molar-refractivity contribution is 6.56. The van der Waals surface area contributed by atoms with Gasteiger partial charge in [-0.25, -0.2) is 0 Å². The molecule has 1 atom stereocenters. The first-order chi connectivity index (χ1) is 9.28. The lowest BCUT2D eigenvalue weighted by Gasteiger charge is -2.42. The molecule has 0 amide bonds. The lowest BCUT2D eigenvalue weighted by molar-refractivity contribution is 0.761. The van der Waals surface area contributed by atoms with Crippen LogP contribution in [0.25, 0.3) is 0 Å². The van der Waals surface area contributed by atoms with E-state index in [0.717, 1.165) is 0 Å².